The highest BCUT2D eigenvalue weighted by Gasteiger charge is 2.30. The van der Waals surface area contributed by atoms with Gasteiger partial charge in [0, 0.05) is 118 Å². The second kappa shape index (κ2) is 16.7. The SMILES string of the molecule is NCCN(CCN)CCNC(=O)CN1CCNCC2(N)CNCCNCC(N)(CNCCNC2)C1. The van der Waals surface area contributed by atoms with Crippen molar-refractivity contribution in [3.63, 3.8) is 0 Å². The first-order chi connectivity index (χ1) is 16.9. The van der Waals surface area contributed by atoms with Crippen LogP contribution in [0.25, 0.3) is 0 Å². The third kappa shape index (κ3) is 12.7. The summed E-state index contributed by atoms with van der Waals surface area (Å²) >= 11 is 0. The van der Waals surface area contributed by atoms with Crippen molar-refractivity contribution in [2.75, 3.05) is 124 Å². The number of fused-ring (bicyclic) bond motifs is 15. The van der Waals surface area contributed by atoms with Crippen molar-refractivity contribution in [1.82, 2.24) is 41.7 Å². The van der Waals surface area contributed by atoms with Gasteiger partial charge in [0.2, 0.25) is 5.91 Å². The topological polar surface area (TPSA) is 200 Å². The van der Waals surface area contributed by atoms with Crippen LogP contribution in [0.4, 0.5) is 0 Å². The van der Waals surface area contributed by atoms with E-state index >= 15 is 0 Å². The van der Waals surface area contributed by atoms with E-state index in [0.29, 0.717) is 72.0 Å². The standard InChI is InChI=1S/C22H52N12O/c23-1-9-33(10-2-24)12-8-32-20(35)13-34-11-7-31-16-21(25)14-27-3-5-29-17-22(26,19-34)18-30-6-4-28-15-21/h27-31H,1-19,23-26H2,(H,32,35). The van der Waals surface area contributed by atoms with Gasteiger partial charge in [-0.25, -0.2) is 0 Å². The molecule has 0 saturated carbocycles. The van der Waals surface area contributed by atoms with Crippen LogP contribution in [0.2, 0.25) is 0 Å². The van der Waals surface area contributed by atoms with Crippen molar-refractivity contribution in [3.05, 3.63) is 0 Å². The number of hydrogen-bond donors (Lipinski definition) is 10. The zero-order chi connectivity index (χ0) is 25.4. The molecule has 0 aliphatic carbocycles. The first kappa shape index (κ1) is 30.3. The van der Waals surface area contributed by atoms with Crippen LogP contribution in [0.3, 0.4) is 0 Å². The van der Waals surface area contributed by atoms with Crippen LogP contribution in [-0.4, -0.2) is 151 Å². The first-order valence-corrected chi connectivity index (χ1v) is 13.1. The summed E-state index contributed by atoms with van der Waals surface area (Å²) in [5, 5.41) is 20.5. The van der Waals surface area contributed by atoms with Crippen molar-refractivity contribution in [2.45, 2.75) is 11.1 Å². The van der Waals surface area contributed by atoms with Crippen LogP contribution < -0.4 is 54.8 Å². The number of carbonyl (C=O) groups excluding carboxylic acids is 1. The molecule has 0 unspecified atom stereocenters. The van der Waals surface area contributed by atoms with E-state index < -0.39 is 11.1 Å². The molecule has 0 aromatic heterocycles. The fraction of sp³-hybridized carbons (Fsp3) is 0.955. The summed E-state index contributed by atoms with van der Waals surface area (Å²) in [5.74, 6) is -0.00230. The van der Waals surface area contributed by atoms with Crippen LogP contribution in [-0.2, 0) is 4.79 Å². The molecule has 3 saturated heterocycles. The molecule has 0 aromatic carbocycles. The Labute approximate surface area is 211 Å². The van der Waals surface area contributed by atoms with E-state index in [9.17, 15) is 4.79 Å². The molecule has 206 valence electrons. The molecule has 0 radical (unpaired) electrons. The Balaban J connectivity index is 2.01. The molecule has 1 amide bonds. The minimum Gasteiger partial charge on any atom is -0.354 e. The zero-order valence-corrected chi connectivity index (χ0v) is 21.5. The minimum absolute atomic E-state index is 0.00230. The molecule has 3 rings (SSSR count). The Morgan fingerprint density at radius 2 is 1.26 bits per heavy atom. The molecule has 3 fully saturated rings. The van der Waals surface area contributed by atoms with E-state index in [1.54, 1.807) is 0 Å². The fourth-order valence-corrected chi connectivity index (χ4v) is 4.61. The number of amides is 1. The molecule has 0 atom stereocenters. The van der Waals surface area contributed by atoms with Gasteiger partial charge in [0.15, 0.2) is 0 Å². The average Bonchev–Trinajstić information content (AvgIpc) is 2.81. The summed E-state index contributed by atoms with van der Waals surface area (Å²) in [6.45, 7) is 13.0. The Bertz CT molecular complexity index is 559. The maximum atomic E-state index is 12.8. The van der Waals surface area contributed by atoms with Crippen LogP contribution in [0.1, 0.15) is 0 Å². The predicted molar refractivity (Wildman–Crippen MR) is 142 cm³/mol. The monoisotopic (exact) mass is 500 g/mol. The molecule has 0 aromatic rings. The van der Waals surface area contributed by atoms with Gasteiger partial charge in [-0.05, 0) is 0 Å². The van der Waals surface area contributed by atoms with Crippen LogP contribution >= 0.6 is 0 Å². The van der Waals surface area contributed by atoms with E-state index in [-0.39, 0.29) is 5.91 Å². The number of nitrogens with two attached hydrogens (primary N) is 4. The van der Waals surface area contributed by atoms with Gasteiger partial charge in [0.1, 0.15) is 0 Å². The van der Waals surface area contributed by atoms with Crippen LogP contribution in [0, 0.1) is 0 Å². The average molecular weight is 501 g/mol. The maximum Gasteiger partial charge on any atom is 0.234 e. The van der Waals surface area contributed by atoms with Crippen molar-refractivity contribution in [2.24, 2.45) is 22.9 Å². The maximum absolute atomic E-state index is 12.8. The summed E-state index contributed by atoms with van der Waals surface area (Å²) in [6, 6.07) is 0. The normalized spacial score (nSPS) is 28.5. The molecular weight excluding hydrogens is 448 g/mol. The van der Waals surface area contributed by atoms with Crippen LogP contribution in [0.15, 0.2) is 0 Å². The lowest BCUT2D eigenvalue weighted by Gasteiger charge is -2.37. The van der Waals surface area contributed by atoms with Gasteiger partial charge >= 0.3 is 0 Å². The van der Waals surface area contributed by atoms with Crippen LogP contribution in [0.5, 0.6) is 0 Å². The number of rotatable bonds is 9. The Morgan fingerprint density at radius 1 is 0.771 bits per heavy atom. The molecule has 3 aliphatic heterocycles. The smallest absolute Gasteiger partial charge is 0.234 e. The largest absolute Gasteiger partial charge is 0.354 e. The summed E-state index contributed by atoms with van der Waals surface area (Å²) < 4.78 is 0. The quantitative estimate of drug-likeness (QED) is 0.144. The molecule has 35 heavy (non-hydrogen) atoms. The highest BCUT2D eigenvalue weighted by Crippen LogP contribution is 2.05. The number of carbonyl (C=O) groups is 1. The third-order valence-corrected chi connectivity index (χ3v) is 6.49. The second-order valence-corrected chi connectivity index (χ2v) is 10.1. The van der Waals surface area contributed by atoms with E-state index in [4.69, 9.17) is 22.9 Å². The van der Waals surface area contributed by atoms with Crippen molar-refractivity contribution in [3.8, 4) is 0 Å². The van der Waals surface area contributed by atoms with Gasteiger partial charge in [0.05, 0.1) is 17.6 Å². The first-order valence-electron chi connectivity index (χ1n) is 13.1. The Morgan fingerprint density at radius 3 is 1.77 bits per heavy atom. The van der Waals surface area contributed by atoms with Gasteiger partial charge in [-0.3, -0.25) is 14.6 Å². The highest BCUT2D eigenvalue weighted by atomic mass is 16.2. The summed E-state index contributed by atoms with van der Waals surface area (Å²) in [7, 11) is 0. The van der Waals surface area contributed by atoms with Gasteiger partial charge in [-0.2, -0.15) is 0 Å². The van der Waals surface area contributed by atoms with Gasteiger partial charge in [0.25, 0.3) is 0 Å². The molecule has 13 nitrogen and oxygen atoms in total. The molecule has 13 heteroatoms. The third-order valence-electron chi connectivity index (χ3n) is 6.49. The Kier molecular flexibility index (Phi) is 14.4. The number of hydrogen-bond acceptors (Lipinski definition) is 12. The lowest BCUT2D eigenvalue weighted by Crippen LogP contribution is -2.65. The van der Waals surface area contributed by atoms with Crippen molar-refractivity contribution >= 4 is 5.91 Å². The lowest BCUT2D eigenvalue weighted by atomic mass is 9.98. The molecular formula is C22H52N12O. The van der Waals surface area contributed by atoms with Gasteiger partial charge in [-0.1, -0.05) is 0 Å². The van der Waals surface area contributed by atoms with E-state index in [1.165, 1.54) is 0 Å². The second-order valence-electron chi connectivity index (χ2n) is 10.1. The van der Waals surface area contributed by atoms with E-state index in [1.807, 2.05) is 0 Å². The van der Waals surface area contributed by atoms with E-state index in [2.05, 4.69) is 41.7 Å². The molecule has 3 aliphatic rings. The highest BCUT2D eigenvalue weighted by molar-refractivity contribution is 5.78. The zero-order valence-electron chi connectivity index (χ0n) is 21.5. The summed E-state index contributed by atoms with van der Waals surface area (Å²) in [5.41, 5.74) is 24.0. The summed E-state index contributed by atoms with van der Waals surface area (Å²) in [6.07, 6.45) is 0. The minimum atomic E-state index is -0.509. The molecule has 0 spiro atoms. The molecule has 14 N–H and O–H groups in total. The molecule has 3 heterocycles. The van der Waals surface area contributed by atoms with Gasteiger partial charge in [-0.15, -0.1) is 0 Å². The Hall–Kier alpha value is -0.970. The molecule has 2 bridgehead atoms. The fourth-order valence-electron chi connectivity index (χ4n) is 4.61. The van der Waals surface area contributed by atoms with Crippen molar-refractivity contribution in [1.29, 1.82) is 0 Å². The van der Waals surface area contributed by atoms with E-state index in [0.717, 1.165) is 52.4 Å². The number of nitrogens with one attached hydrogen (secondary N) is 6. The number of nitrogens with zero attached hydrogens (tertiary/aromatic N) is 2. The summed E-state index contributed by atoms with van der Waals surface area (Å²) in [4.78, 5) is 17.1. The van der Waals surface area contributed by atoms with Gasteiger partial charge < -0.3 is 54.8 Å². The lowest BCUT2D eigenvalue weighted by molar-refractivity contribution is -0.122. The predicted octanol–water partition coefficient (Wildman–Crippen LogP) is -6.01. The van der Waals surface area contributed by atoms with Crippen molar-refractivity contribution < 1.29 is 4.79 Å².